The highest BCUT2D eigenvalue weighted by atomic mass is 16.5. The van der Waals surface area contributed by atoms with E-state index >= 15 is 0 Å². The average Bonchev–Trinajstić information content (AvgIpc) is 2.77. The van der Waals surface area contributed by atoms with Gasteiger partial charge in [-0.3, -0.25) is 4.79 Å². The highest BCUT2D eigenvalue weighted by molar-refractivity contribution is 5.98. The minimum atomic E-state index is -0.134. The summed E-state index contributed by atoms with van der Waals surface area (Å²) in [5.74, 6) is 2.06. The molecule has 0 unspecified atom stereocenters. The second-order valence-corrected chi connectivity index (χ2v) is 6.47. The molecule has 0 saturated carbocycles. The first-order valence-electron chi connectivity index (χ1n) is 9.39. The van der Waals surface area contributed by atoms with Crippen LogP contribution in [0.4, 0.5) is 0 Å². The number of benzene rings is 3. The summed E-state index contributed by atoms with van der Waals surface area (Å²) in [6.45, 7) is 0.530. The number of fused-ring (bicyclic) bond motifs is 1. The summed E-state index contributed by atoms with van der Waals surface area (Å²) in [4.78, 5) is 12.2. The molecule has 0 aliphatic heterocycles. The minimum Gasteiger partial charge on any atom is -0.496 e. The van der Waals surface area contributed by atoms with E-state index in [9.17, 15) is 4.79 Å². The molecule has 0 fully saturated rings. The predicted octanol–water partition coefficient (Wildman–Crippen LogP) is 4.24. The molecule has 0 heterocycles. The van der Waals surface area contributed by atoms with Crippen molar-refractivity contribution in [3.8, 4) is 17.2 Å². The molecule has 0 bridgehead atoms. The van der Waals surface area contributed by atoms with Gasteiger partial charge in [0.15, 0.2) is 11.5 Å². The van der Waals surface area contributed by atoms with Crippen LogP contribution in [0.15, 0.2) is 60.7 Å². The zero-order valence-electron chi connectivity index (χ0n) is 16.9. The van der Waals surface area contributed by atoms with Crippen LogP contribution in [0, 0.1) is 0 Å². The van der Waals surface area contributed by atoms with E-state index in [1.807, 2.05) is 60.7 Å². The molecular formula is C24H25NO4. The van der Waals surface area contributed by atoms with E-state index in [4.69, 9.17) is 14.2 Å². The first kappa shape index (κ1) is 20.3. The lowest BCUT2D eigenvalue weighted by Gasteiger charge is -2.10. The number of ether oxygens (including phenoxy) is 3. The van der Waals surface area contributed by atoms with E-state index in [1.54, 1.807) is 27.4 Å². The van der Waals surface area contributed by atoms with Crippen LogP contribution in [0.2, 0.25) is 0 Å². The number of amides is 1. The monoisotopic (exact) mass is 391 g/mol. The zero-order valence-corrected chi connectivity index (χ0v) is 16.9. The van der Waals surface area contributed by atoms with E-state index in [0.717, 1.165) is 27.6 Å². The predicted molar refractivity (Wildman–Crippen MR) is 116 cm³/mol. The Kier molecular flexibility index (Phi) is 6.74. The van der Waals surface area contributed by atoms with Gasteiger partial charge < -0.3 is 19.5 Å². The van der Waals surface area contributed by atoms with Gasteiger partial charge in [0.05, 0.1) is 21.3 Å². The molecule has 0 saturated heterocycles. The molecule has 150 valence electrons. The Morgan fingerprint density at radius 2 is 1.55 bits per heavy atom. The van der Waals surface area contributed by atoms with E-state index in [-0.39, 0.29) is 5.91 Å². The summed E-state index contributed by atoms with van der Waals surface area (Å²) < 4.78 is 16.0. The van der Waals surface area contributed by atoms with Crippen molar-refractivity contribution >= 4 is 22.8 Å². The Hall–Kier alpha value is -3.47. The van der Waals surface area contributed by atoms with Crippen LogP contribution in [0.3, 0.4) is 0 Å². The number of carbonyl (C=O) groups excluding carboxylic acids is 1. The summed E-state index contributed by atoms with van der Waals surface area (Å²) in [5.41, 5.74) is 2.03. The fraction of sp³-hybridized carbons (Fsp3) is 0.208. The molecule has 0 aromatic heterocycles. The van der Waals surface area contributed by atoms with Gasteiger partial charge in [0, 0.05) is 18.0 Å². The van der Waals surface area contributed by atoms with Crippen molar-refractivity contribution in [1.82, 2.24) is 5.32 Å². The molecule has 5 heteroatoms. The number of nitrogens with one attached hydrogen (secondary N) is 1. The first-order chi connectivity index (χ1) is 14.2. The quantitative estimate of drug-likeness (QED) is 0.584. The lowest BCUT2D eigenvalue weighted by molar-refractivity contribution is -0.116. The Bertz CT molecular complexity index is 1030. The molecule has 0 aliphatic rings. The second kappa shape index (κ2) is 9.64. The second-order valence-electron chi connectivity index (χ2n) is 6.47. The maximum Gasteiger partial charge on any atom is 0.244 e. The molecule has 0 aliphatic carbocycles. The Labute approximate surface area is 170 Å². The highest BCUT2D eigenvalue weighted by Gasteiger charge is 2.06. The van der Waals surface area contributed by atoms with E-state index in [0.29, 0.717) is 24.5 Å². The van der Waals surface area contributed by atoms with Crippen molar-refractivity contribution in [3.63, 3.8) is 0 Å². The van der Waals surface area contributed by atoms with Gasteiger partial charge >= 0.3 is 0 Å². The summed E-state index contributed by atoms with van der Waals surface area (Å²) in [5, 5.41) is 4.98. The van der Waals surface area contributed by atoms with Crippen LogP contribution in [0.1, 0.15) is 11.1 Å². The van der Waals surface area contributed by atoms with Gasteiger partial charge in [0.2, 0.25) is 5.91 Å². The third-order valence-corrected chi connectivity index (χ3v) is 4.71. The van der Waals surface area contributed by atoms with Crippen molar-refractivity contribution in [3.05, 3.63) is 71.8 Å². The molecule has 3 rings (SSSR count). The zero-order chi connectivity index (χ0) is 20.6. The standard InChI is InChI=1S/C24H25NO4/c1-27-21-12-9-18(19-6-4-5-7-20(19)21)10-13-24(26)25-15-14-17-8-11-22(28-2)23(16-17)29-3/h4-13,16H,14-15H2,1-3H3,(H,25,26)/b13-10+. The van der Waals surface area contributed by atoms with E-state index in [2.05, 4.69) is 5.32 Å². The summed E-state index contributed by atoms with van der Waals surface area (Å²) in [7, 11) is 4.87. The van der Waals surface area contributed by atoms with Crippen molar-refractivity contribution in [1.29, 1.82) is 0 Å². The fourth-order valence-corrected chi connectivity index (χ4v) is 3.21. The SMILES string of the molecule is COc1ccc(CCNC(=O)/C=C/c2ccc(OC)c3ccccc23)cc1OC. The Balaban J connectivity index is 1.62. The smallest absolute Gasteiger partial charge is 0.244 e. The van der Waals surface area contributed by atoms with Crippen LogP contribution < -0.4 is 19.5 Å². The van der Waals surface area contributed by atoms with Gasteiger partial charge in [-0.1, -0.05) is 36.4 Å². The number of hydrogen-bond donors (Lipinski definition) is 1. The lowest BCUT2D eigenvalue weighted by Crippen LogP contribution is -2.23. The molecule has 0 atom stereocenters. The van der Waals surface area contributed by atoms with E-state index in [1.165, 1.54) is 0 Å². The van der Waals surface area contributed by atoms with Crippen LogP contribution >= 0.6 is 0 Å². The highest BCUT2D eigenvalue weighted by Crippen LogP contribution is 2.29. The molecule has 1 amide bonds. The molecule has 3 aromatic rings. The summed E-state index contributed by atoms with van der Waals surface area (Å²) >= 11 is 0. The molecule has 3 aromatic carbocycles. The van der Waals surface area contributed by atoms with Crippen molar-refractivity contribution < 1.29 is 19.0 Å². The van der Waals surface area contributed by atoms with Gasteiger partial charge in [-0.15, -0.1) is 0 Å². The van der Waals surface area contributed by atoms with Crippen LogP contribution in [-0.2, 0) is 11.2 Å². The summed E-state index contributed by atoms with van der Waals surface area (Å²) in [6, 6.07) is 17.6. The van der Waals surface area contributed by atoms with Gasteiger partial charge in [0.25, 0.3) is 0 Å². The molecule has 0 spiro atoms. The lowest BCUT2D eigenvalue weighted by atomic mass is 10.0. The first-order valence-corrected chi connectivity index (χ1v) is 9.39. The minimum absolute atomic E-state index is 0.134. The van der Waals surface area contributed by atoms with Gasteiger partial charge in [-0.05, 0) is 47.2 Å². The van der Waals surface area contributed by atoms with Gasteiger partial charge in [-0.2, -0.15) is 0 Å². The largest absolute Gasteiger partial charge is 0.496 e. The number of hydrogen-bond acceptors (Lipinski definition) is 4. The molecule has 0 radical (unpaired) electrons. The van der Waals surface area contributed by atoms with E-state index < -0.39 is 0 Å². The van der Waals surface area contributed by atoms with Crippen molar-refractivity contribution in [2.45, 2.75) is 6.42 Å². The fourth-order valence-electron chi connectivity index (χ4n) is 3.21. The van der Waals surface area contributed by atoms with Crippen molar-refractivity contribution in [2.24, 2.45) is 0 Å². The Morgan fingerprint density at radius 1 is 0.862 bits per heavy atom. The normalized spacial score (nSPS) is 10.9. The molecule has 1 N–H and O–H groups in total. The molecule has 5 nitrogen and oxygen atoms in total. The van der Waals surface area contributed by atoms with Crippen LogP contribution in [0.5, 0.6) is 17.2 Å². The van der Waals surface area contributed by atoms with Crippen LogP contribution in [0.25, 0.3) is 16.8 Å². The summed E-state index contributed by atoms with van der Waals surface area (Å²) in [6.07, 6.45) is 4.09. The molecule has 29 heavy (non-hydrogen) atoms. The third kappa shape index (κ3) is 4.88. The number of rotatable bonds is 8. The van der Waals surface area contributed by atoms with Gasteiger partial charge in [0.1, 0.15) is 5.75 Å². The number of methoxy groups -OCH3 is 3. The number of carbonyl (C=O) groups is 1. The maximum absolute atomic E-state index is 12.2. The average molecular weight is 391 g/mol. The molecular weight excluding hydrogens is 366 g/mol. The van der Waals surface area contributed by atoms with Crippen molar-refractivity contribution in [2.75, 3.05) is 27.9 Å². The van der Waals surface area contributed by atoms with Gasteiger partial charge in [-0.25, -0.2) is 0 Å². The van der Waals surface area contributed by atoms with Crippen LogP contribution in [-0.4, -0.2) is 33.8 Å². The topological polar surface area (TPSA) is 56.8 Å². The third-order valence-electron chi connectivity index (χ3n) is 4.71. The maximum atomic E-state index is 12.2. The Morgan fingerprint density at radius 3 is 2.28 bits per heavy atom.